The second kappa shape index (κ2) is 5.25. The van der Waals surface area contributed by atoms with E-state index in [1.54, 1.807) is 0 Å². The molecule has 84 valence electrons. The van der Waals surface area contributed by atoms with Gasteiger partial charge in [0.25, 0.3) is 10.1 Å². The quantitative estimate of drug-likeness (QED) is 0.753. The van der Waals surface area contributed by atoms with Gasteiger partial charge in [-0.15, -0.1) is 0 Å². The zero-order valence-corrected chi connectivity index (χ0v) is 9.46. The Bertz CT molecular complexity index is 414. The van der Waals surface area contributed by atoms with E-state index in [4.69, 9.17) is 5.73 Å². The van der Waals surface area contributed by atoms with E-state index in [0.29, 0.717) is 13.0 Å². The van der Waals surface area contributed by atoms with Gasteiger partial charge in [-0.1, -0.05) is 24.3 Å². The molecule has 0 atom stereocenters. The summed E-state index contributed by atoms with van der Waals surface area (Å²) in [7, 11) is -3.35. The average Bonchev–Trinajstić information content (AvgIpc) is 2.16. The molecule has 0 fully saturated rings. The van der Waals surface area contributed by atoms with Gasteiger partial charge in [0.05, 0.1) is 12.9 Å². The maximum Gasteiger partial charge on any atom is 0.264 e. The van der Waals surface area contributed by atoms with Crippen molar-refractivity contribution in [2.24, 2.45) is 5.73 Å². The molecule has 1 aromatic carbocycles. The molecule has 0 aliphatic carbocycles. The fourth-order valence-corrected chi connectivity index (χ4v) is 1.69. The molecular weight excluding hydrogens is 214 g/mol. The van der Waals surface area contributed by atoms with E-state index in [2.05, 4.69) is 4.18 Å². The van der Waals surface area contributed by atoms with Crippen molar-refractivity contribution < 1.29 is 12.6 Å². The minimum atomic E-state index is -3.35. The summed E-state index contributed by atoms with van der Waals surface area (Å²) in [5.74, 6) is 0. The van der Waals surface area contributed by atoms with Crippen molar-refractivity contribution in [3.05, 3.63) is 35.4 Å². The molecule has 0 radical (unpaired) electrons. The molecule has 5 heteroatoms. The van der Waals surface area contributed by atoms with E-state index in [-0.39, 0.29) is 6.61 Å². The Morgan fingerprint density at radius 3 is 2.40 bits per heavy atom. The first-order chi connectivity index (χ1) is 7.03. The molecule has 0 saturated carbocycles. The first-order valence-electron chi connectivity index (χ1n) is 4.64. The summed E-state index contributed by atoms with van der Waals surface area (Å²) in [4.78, 5) is 0. The van der Waals surface area contributed by atoms with Crippen molar-refractivity contribution in [2.75, 3.05) is 12.9 Å². The highest BCUT2D eigenvalue weighted by Gasteiger charge is 2.03. The summed E-state index contributed by atoms with van der Waals surface area (Å²) < 4.78 is 26.1. The molecule has 0 heterocycles. The van der Waals surface area contributed by atoms with Gasteiger partial charge in [-0.05, 0) is 17.5 Å². The number of benzene rings is 1. The Labute approximate surface area is 90.2 Å². The zero-order chi connectivity index (χ0) is 11.3. The summed E-state index contributed by atoms with van der Waals surface area (Å²) in [6.07, 6.45) is 1.60. The lowest BCUT2D eigenvalue weighted by Gasteiger charge is -2.06. The summed E-state index contributed by atoms with van der Waals surface area (Å²) in [6.45, 7) is 0.616. The van der Waals surface area contributed by atoms with Crippen molar-refractivity contribution in [3.8, 4) is 0 Å². The van der Waals surface area contributed by atoms with Crippen LogP contribution in [0.2, 0.25) is 0 Å². The average molecular weight is 229 g/mol. The van der Waals surface area contributed by atoms with Crippen molar-refractivity contribution in [3.63, 3.8) is 0 Å². The van der Waals surface area contributed by atoms with Gasteiger partial charge < -0.3 is 5.73 Å². The minimum Gasteiger partial charge on any atom is -0.326 e. The molecule has 0 bridgehead atoms. The van der Waals surface area contributed by atoms with Crippen molar-refractivity contribution in [2.45, 2.75) is 13.0 Å². The maximum atomic E-state index is 10.7. The van der Waals surface area contributed by atoms with Gasteiger partial charge in [0.15, 0.2) is 0 Å². The molecule has 1 rings (SSSR count). The van der Waals surface area contributed by atoms with Crippen molar-refractivity contribution >= 4 is 10.1 Å². The molecule has 1 aromatic rings. The molecule has 0 aliphatic rings. The van der Waals surface area contributed by atoms with Gasteiger partial charge in [-0.2, -0.15) is 8.42 Å². The van der Waals surface area contributed by atoms with Crippen LogP contribution in [-0.2, 0) is 27.3 Å². The minimum absolute atomic E-state index is 0.163. The van der Waals surface area contributed by atoms with Crippen LogP contribution in [0.5, 0.6) is 0 Å². The van der Waals surface area contributed by atoms with Crippen molar-refractivity contribution in [1.29, 1.82) is 0 Å². The Hall–Kier alpha value is -0.910. The Morgan fingerprint density at radius 1 is 1.27 bits per heavy atom. The largest absolute Gasteiger partial charge is 0.326 e. The summed E-state index contributed by atoms with van der Waals surface area (Å²) >= 11 is 0. The molecule has 0 saturated heterocycles. The predicted molar refractivity (Wildman–Crippen MR) is 58.8 cm³/mol. The molecule has 4 nitrogen and oxygen atoms in total. The standard InChI is InChI=1S/C10H15NO3S/c1-15(12,13)14-7-6-9-4-2-3-5-10(9)8-11/h2-5H,6-8,11H2,1H3. The Morgan fingerprint density at radius 2 is 1.87 bits per heavy atom. The molecule has 0 amide bonds. The fraction of sp³-hybridized carbons (Fsp3) is 0.400. The summed E-state index contributed by atoms with van der Waals surface area (Å²) in [5, 5.41) is 0. The van der Waals surface area contributed by atoms with Crippen LogP contribution in [0, 0.1) is 0 Å². The van der Waals surface area contributed by atoms with Crippen LogP contribution in [0.3, 0.4) is 0 Å². The second-order valence-corrected chi connectivity index (χ2v) is 4.89. The van der Waals surface area contributed by atoms with E-state index >= 15 is 0 Å². The van der Waals surface area contributed by atoms with Crippen LogP contribution < -0.4 is 5.73 Å². The third-order valence-electron chi connectivity index (χ3n) is 2.01. The maximum absolute atomic E-state index is 10.7. The van der Waals surface area contributed by atoms with Gasteiger partial charge in [-0.25, -0.2) is 0 Å². The molecule has 15 heavy (non-hydrogen) atoms. The van der Waals surface area contributed by atoms with Crippen LogP contribution in [0.25, 0.3) is 0 Å². The van der Waals surface area contributed by atoms with Crippen LogP contribution >= 0.6 is 0 Å². The number of rotatable bonds is 5. The first-order valence-corrected chi connectivity index (χ1v) is 6.46. The molecule has 2 N–H and O–H groups in total. The summed E-state index contributed by atoms with van der Waals surface area (Å²) in [5.41, 5.74) is 7.60. The number of nitrogens with two attached hydrogens (primary N) is 1. The zero-order valence-electron chi connectivity index (χ0n) is 8.64. The van der Waals surface area contributed by atoms with Gasteiger partial charge in [0, 0.05) is 6.54 Å². The van der Waals surface area contributed by atoms with Gasteiger partial charge >= 0.3 is 0 Å². The molecular formula is C10H15NO3S. The van der Waals surface area contributed by atoms with Gasteiger partial charge in [-0.3, -0.25) is 4.18 Å². The number of hydrogen-bond acceptors (Lipinski definition) is 4. The monoisotopic (exact) mass is 229 g/mol. The predicted octanol–water partition coefficient (Wildman–Crippen LogP) is 0.664. The normalized spacial score (nSPS) is 11.6. The van der Waals surface area contributed by atoms with Crippen LogP contribution in [-0.4, -0.2) is 21.3 Å². The lowest BCUT2D eigenvalue weighted by atomic mass is 10.1. The van der Waals surface area contributed by atoms with Crippen LogP contribution in [0.4, 0.5) is 0 Å². The van der Waals surface area contributed by atoms with E-state index in [0.717, 1.165) is 17.4 Å². The highest BCUT2D eigenvalue weighted by Crippen LogP contribution is 2.09. The van der Waals surface area contributed by atoms with Crippen molar-refractivity contribution in [1.82, 2.24) is 0 Å². The fourth-order valence-electron chi connectivity index (χ4n) is 1.30. The topological polar surface area (TPSA) is 69.4 Å². The highest BCUT2D eigenvalue weighted by molar-refractivity contribution is 7.85. The summed E-state index contributed by atoms with van der Waals surface area (Å²) in [6, 6.07) is 7.65. The van der Waals surface area contributed by atoms with Gasteiger partial charge in [0.2, 0.25) is 0 Å². The third kappa shape index (κ3) is 4.42. The second-order valence-electron chi connectivity index (χ2n) is 3.25. The Balaban J connectivity index is 2.58. The van der Waals surface area contributed by atoms with E-state index in [1.165, 1.54) is 0 Å². The van der Waals surface area contributed by atoms with E-state index in [1.807, 2.05) is 24.3 Å². The molecule has 0 aliphatic heterocycles. The van der Waals surface area contributed by atoms with Crippen LogP contribution in [0.15, 0.2) is 24.3 Å². The molecule has 0 spiro atoms. The molecule has 0 aromatic heterocycles. The Kier molecular flexibility index (Phi) is 4.26. The lowest BCUT2D eigenvalue weighted by Crippen LogP contribution is -2.08. The molecule has 0 unspecified atom stereocenters. The van der Waals surface area contributed by atoms with E-state index < -0.39 is 10.1 Å². The highest BCUT2D eigenvalue weighted by atomic mass is 32.2. The van der Waals surface area contributed by atoms with Gasteiger partial charge in [0.1, 0.15) is 0 Å². The number of hydrogen-bond donors (Lipinski definition) is 1. The van der Waals surface area contributed by atoms with Crippen LogP contribution in [0.1, 0.15) is 11.1 Å². The van der Waals surface area contributed by atoms with E-state index in [9.17, 15) is 8.42 Å². The lowest BCUT2D eigenvalue weighted by molar-refractivity contribution is 0.325. The smallest absolute Gasteiger partial charge is 0.264 e. The SMILES string of the molecule is CS(=O)(=O)OCCc1ccccc1CN. The third-order valence-corrected chi connectivity index (χ3v) is 2.60. The first kappa shape index (κ1) is 12.2.